The molecule has 0 aliphatic rings. The molecule has 0 N–H and O–H groups in total. The third-order valence-corrected chi connectivity index (χ3v) is 7.27. The lowest BCUT2D eigenvalue weighted by atomic mass is 10.1. The van der Waals surface area contributed by atoms with Crippen LogP contribution < -0.4 is 9.51 Å². The Morgan fingerprint density at radius 1 is 1.03 bits per heavy atom. The first-order chi connectivity index (χ1) is 14.5. The van der Waals surface area contributed by atoms with E-state index in [-0.39, 0.29) is 22.3 Å². The van der Waals surface area contributed by atoms with E-state index in [0.717, 1.165) is 42.8 Å². The number of hydrogen-bond donors (Lipinski definition) is 0. The van der Waals surface area contributed by atoms with Crippen LogP contribution in [0.4, 0.5) is 0 Å². The summed E-state index contributed by atoms with van der Waals surface area (Å²) < 4.78 is 1.66. The summed E-state index contributed by atoms with van der Waals surface area (Å²) in [4.78, 5) is 18.6. The number of ketones is 1. The molecule has 5 aromatic rings. The number of para-hydroxylation sites is 2. The Hall–Kier alpha value is -2.96. The van der Waals surface area contributed by atoms with Gasteiger partial charge in [-0.15, -0.1) is 0 Å². The Morgan fingerprint density at radius 2 is 1.73 bits per heavy atom. The highest BCUT2D eigenvalue weighted by Crippen LogP contribution is 2.29. The number of carbonyl (C=O) groups is 1. The van der Waals surface area contributed by atoms with Crippen molar-refractivity contribution in [3.8, 4) is 5.88 Å². The first-order valence-corrected chi connectivity index (χ1v) is 11.4. The molecule has 148 valence electrons. The van der Waals surface area contributed by atoms with Gasteiger partial charge in [-0.2, -0.15) is 4.40 Å². The van der Waals surface area contributed by atoms with E-state index in [0.29, 0.717) is 0 Å². The number of nitrogens with zero attached hydrogens (tertiary/aromatic N) is 2. The topological polar surface area (TPSA) is 57.1 Å². The second-order valence-electron chi connectivity index (χ2n) is 7.26. The molecule has 2 aromatic carbocycles. The van der Waals surface area contributed by atoms with E-state index in [1.807, 2.05) is 74.5 Å². The largest absolute Gasteiger partial charge is 0.822 e. The van der Waals surface area contributed by atoms with Crippen LogP contribution in [0.3, 0.4) is 0 Å². The van der Waals surface area contributed by atoms with Gasteiger partial charge in [-0.1, -0.05) is 53.4 Å². The van der Waals surface area contributed by atoms with Crippen LogP contribution in [0, 0.1) is 13.8 Å². The van der Waals surface area contributed by atoms with E-state index in [1.165, 1.54) is 23.1 Å². The van der Waals surface area contributed by atoms with Gasteiger partial charge >= 0.3 is 0 Å². The van der Waals surface area contributed by atoms with Gasteiger partial charge in [0.2, 0.25) is 5.52 Å². The third-order valence-electron chi connectivity index (χ3n) is 5.24. The maximum Gasteiger partial charge on any atom is 0.268 e. The third kappa shape index (κ3) is 3.13. The smallest absolute Gasteiger partial charge is 0.268 e. The Bertz CT molecular complexity index is 1460. The lowest BCUT2D eigenvalue weighted by molar-refractivity contribution is -0.559. The molecule has 0 amide bonds. The van der Waals surface area contributed by atoms with Gasteiger partial charge in [-0.3, -0.25) is 4.79 Å². The van der Waals surface area contributed by atoms with Crippen molar-refractivity contribution in [1.82, 2.24) is 4.98 Å². The van der Waals surface area contributed by atoms with Crippen molar-refractivity contribution in [3.63, 3.8) is 0 Å². The highest BCUT2D eigenvalue weighted by Gasteiger charge is 2.23. The van der Waals surface area contributed by atoms with Crippen LogP contribution in [0.5, 0.6) is 5.88 Å². The summed E-state index contributed by atoms with van der Waals surface area (Å²) in [5.41, 5.74) is 3.97. The van der Waals surface area contributed by atoms with Crippen molar-refractivity contribution in [2.75, 3.05) is 5.75 Å². The highest BCUT2D eigenvalue weighted by molar-refractivity contribution is 8.00. The van der Waals surface area contributed by atoms with E-state index in [2.05, 4.69) is 4.98 Å². The van der Waals surface area contributed by atoms with Gasteiger partial charge in [0, 0.05) is 22.9 Å². The van der Waals surface area contributed by atoms with Gasteiger partial charge < -0.3 is 5.11 Å². The Kier molecular flexibility index (Phi) is 4.68. The van der Waals surface area contributed by atoms with Crippen LogP contribution in [0.1, 0.15) is 20.8 Å². The van der Waals surface area contributed by atoms with Crippen molar-refractivity contribution in [2.45, 2.75) is 18.9 Å². The van der Waals surface area contributed by atoms with Crippen molar-refractivity contribution in [1.29, 1.82) is 0 Å². The molecule has 0 spiro atoms. The molecule has 6 heteroatoms. The van der Waals surface area contributed by atoms with Crippen LogP contribution in [0.15, 0.2) is 65.7 Å². The maximum atomic E-state index is 13.1. The molecule has 0 bridgehead atoms. The van der Waals surface area contributed by atoms with Gasteiger partial charge in [-0.05, 0) is 43.2 Å². The molecule has 3 heterocycles. The average molecular weight is 431 g/mol. The zero-order chi connectivity index (χ0) is 20.8. The lowest BCUT2D eigenvalue weighted by Crippen LogP contribution is -2.26. The molecule has 4 nitrogen and oxygen atoms in total. The number of aromatic nitrogens is 2. The fourth-order valence-electron chi connectivity index (χ4n) is 3.76. The van der Waals surface area contributed by atoms with Gasteiger partial charge in [0.05, 0.1) is 16.3 Å². The lowest BCUT2D eigenvalue weighted by Gasteiger charge is -2.06. The van der Waals surface area contributed by atoms with Gasteiger partial charge in [0.15, 0.2) is 11.7 Å². The van der Waals surface area contributed by atoms with E-state index in [9.17, 15) is 9.90 Å². The molecule has 0 aliphatic heterocycles. The predicted molar refractivity (Wildman–Crippen MR) is 121 cm³/mol. The quantitative estimate of drug-likeness (QED) is 0.232. The minimum Gasteiger partial charge on any atom is -0.822 e. The summed E-state index contributed by atoms with van der Waals surface area (Å²) in [6, 6.07) is 19.7. The van der Waals surface area contributed by atoms with Crippen molar-refractivity contribution >= 4 is 55.5 Å². The summed E-state index contributed by atoms with van der Waals surface area (Å²) >= 11 is 2.64. The van der Waals surface area contributed by atoms with E-state index in [1.54, 1.807) is 4.40 Å². The molecular formula is C24H18N2O2S2. The monoisotopic (exact) mass is 430 g/mol. The molecule has 0 aliphatic carbocycles. The minimum absolute atomic E-state index is 0.159. The zero-order valence-corrected chi connectivity index (χ0v) is 18.1. The van der Waals surface area contributed by atoms with E-state index in [4.69, 9.17) is 0 Å². The Morgan fingerprint density at radius 3 is 2.57 bits per heavy atom. The zero-order valence-electron chi connectivity index (χ0n) is 16.5. The van der Waals surface area contributed by atoms with Gasteiger partial charge in [0.25, 0.3) is 4.83 Å². The second-order valence-corrected chi connectivity index (χ2v) is 9.29. The molecule has 0 saturated heterocycles. The number of Topliss-reactive ketones (excluding diaryl/α,β-unsaturated/α-hetero) is 1. The number of benzene rings is 2. The predicted octanol–water partition coefficient (Wildman–Crippen LogP) is 4.85. The first kappa shape index (κ1) is 19.0. The van der Waals surface area contributed by atoms with Gasteiger partial charge in [0.1, 0.15) is 4.88 Å². The molecule has 0 fully saturated rings. The molecule has 30 heavy (non-hydrogen) atoms. The molecule has 3 aromatic heterocycles. The molecular weight excluding hydrogens is 412 g/mol. The summed E-state index contributed by atoms with van der Waals surface area (Å²) in [6.45, 7) is 4.07. The Balaban J connectivity index is 1.48. The highest BCUT2D eigenvalue weighted by atomic mass is 32.2. The molecule has 0 atom stereocenters. The van der Waals surface area contributed by atoms with Gasteiger partial charge in [-0.25, -0.2) is 4.98 Å². The van der Waals surface area contributed by atoms with Crippen LogP contribution in [-0.2, 0) is 0 Å². The molecule has 0 saturated carbocycles. The van der Waals surface area contributed by atoms with Crippen LogP contribution in [-0.4, -0.2) is 16.5 Å². The number of carbonyl (C=O) groups excluding carboxylic acids is 1. The summed E-state index contributed by atoms with van der Waals surface area (Å²) in [5.74, 6) is -0.211. The number of thioether (sulfide) groups is 1. The fraction of sp³-hybridized carbons (Fsp3) is 0.125. The number of aryl methyl sites for hydroxylation is 2. The normalized spacial score (nSPS) is 11.5. The number of hydrogen-bond acceptors (Lipinski definition) is 5. The number of thiazole rings is 1. The van der Waals surface area contributed by atoms with Crippen molar-refractivity contribution < 1.29 is 14.3 Å². The van der Waals surface area contributed by atoms with Crippen LogP contribution in [0.25, 0.3) is 26.6 Å². The summed E-state index contributed by atoms with van der Waals surface area (Å²) in [6.07, 6.45) is 0. The molecule has 5 rings (SSSR count). The SMILES string of the molecule is Cc1cc(SCC(=O)c2sc3cc(C)c4ccccc4[n+]3c2[O-])nc2ccccc12. The standard InChI is InChI=1S/C24H18N2O2S2/c1-14-11-21(25-18-9-5-3-7-16(14)18)29-13-20(27)23-24(28)26-19-10-6-4-8-17(19)15(2)12-22(26)30-23/h3-12H,13H2,1-2H3. The molecule has 0 unspecified atom stereocenters. The average Bonchev–Trinajstić information content (AvgIpc) is 3.08. The van der Waals surface area contributed by atoms with E-state index < -0.39 is 0 Å². The Labute approximate surface area is 181 Å². The summed E-state index contributed by atoms with van der Waals surface area (Å²) in [5, 5.41) is 16.0. The van der Waals surface area contributed by atoms with Crippen molar-refractivity contribution in [3.05, 3.63) is 76.7 Å². The minimum atomic E-state index is -0.237. The van der Waals surface area contributed by atoms with Crippen molar-refractivity contribution in [2.24, 2.45) is 0 Å². The van der Waals surface area contributed by atoms with E-state index >= 15 is 0 Å². The molecule has 0 radical (unpaired) electrons. The number of pyridine rings is 2. The summed E-state index contributed by atoms with van der Waals surface area (Å²) in [7, 11) is 0. The fourth-order valence-corrected chi connectivity index (χ4v) is 5.78. The maximum absolute atomic E-state index is 13.1. The second kappa shape index (κ2) is 7.38. The van der Waals surface area contributed by atoms with Crippen LogP contribution in [0.2, 0.25) is 0 Å². The number of fused-ring (bicyclic) bond motifs is 4. The first-order valence-electron chi connectivity index (χ1n) is 9.59. The van der Waals surface area contributed by atoms with Crippen LogP contribution >= 0.6 is 23.1 Å². The number of rotatable bonds is 4.